The van der Waals surface area contributed by atoms with Crippen molar-refractivity contribution in [2.45, 2.75) is 26.7 Å². The summed E-state index contributed by atoms with van der Waals surface area (Å²) in [5.41, 5.74) is 3.59. The minimum atomic E-state index is 0.125. The molecule has 4 nitrogen and oxygen atoms in total. The van der Waals surface area contributed by atoms with Crippen molar-refractivity contribution in [2.75, 3.05) is 13.1 Å². The molecule has 4 heteroatoms. The van der Waals surface area contributed by atoms with Crippen LogP contribution < -0.4 is 0 Å². The molecule has 108 valence electrons. The van der Waals surface area contributed by atoms with Crippen LogP contribution in [0, 0.1) is 13.8 Å². The molecule has 1 aliphatic heterocycles. The first-order valence-electron chi connectivity index (χ1n) is 7.35. The number of rotatable bonds is 2. The van der Waals surface area contributed by atoms with E-state index in [2.05, 4.69) is 9.97 Å². The van der Waals surface area contributed by atoms with Gasteiger partial charge in [0.25, 0.3) is 5.91 Å². The molecular formula is C17H19N3O. The first kappa shape index (κ1) is 13.7. The van der Waals surface area contributed by atoms with E-state index in [-0.39, 0.29) is 5.91 Å². The molecule has 21 heavy (non-hydrogen) atoms. The average molecular weight is 281 g/mol. The van der Waals surface area contributed by atoms with E-state index in [1.807, 2.05) is 49.1 Å². The predicted molar refractivity (Wildman–Crippen MR) is 82.1 cm³/mol. The second kappa shape index (κ2) is 5.64. The van der Waals surface area contributed by atoms with Crippen molar-refractivity contribution in [3.8, 4) is 11.4 Å². The summed E-state index contributed by atoms with van der Waals surface area (Å²) in [6, 6.07) is 9.55. The summed E-state index contributed by atoms with van der Waals surface area (Å²) in [4.78, 5) is 23.1. The normalized spacial score (nSPS) is 14.5. The summed E-state index contributed by atoms with van der Waals surface area (Å²) in [5, 5.41) is 0. The lowest BCUT2D eigenvalue weighted by Crippen LogP contribution is -2.27. The van der Waals surface area contributed by atoms with Crippen molar-refractivity contribution in [1.29, 1.82) is 0 Å². The van der Waals surface area contributed by atoms with Crippen LogP contribution in [0.1, 0.15) is 34.6 Å². The fourth-order valence-electron chi connectivity index (χ4n) is 2.72. The SMILES string of the molecule is Cc1cc(C)nc(-c2ccc(C(=O)N3CCCC3)cc2)n1. The van der Waals surface area contributed by atoms with Crippen LogP contribution in [-0.2, 0) is 0 Å². The van der Waals surface area contributed by atoms with Crippen molar-refractivity contribution < 1.29 is 4.79 Å². The maximum atomic E-state index is 12.3. The van der Waals surface area contributed by atoms with Gasteiger partial charge >= 0.3 is 0 Å². The van der Waals surface area contributed by atoms with E-state index in [9.17, 15) is 4.79 Å². The second-order valence-corrected chi connectivity index (χ2v) is 5.55. The van der Waals surface area contributed by atoms with E-state index in [4.69, 9.17) is 0 Å². The topological polar surface area (TPSA) is 46.1 Å². The fourth-order valence-corrected chi connectivity index (χ4v) is 2.72. The van der Waals surface area contributed by atoms with Crippen LogP contribution in [0.4, 0.5) is 0 Å². The smallest absolute Gasteiger partial charge is 0.253 e. The number of benzene rings is 1. The van der Waals surface area contributed by atoms with Gasteiger partial charge in [-0.3, -0.25) is 4.79 Å². The van der Waals surface area contributed by atoms with Gasteiger partial charge in [0.2, 0.25) is 0 Å². The number of nitrogens with zero attached hydrogens (tertiary/aromatic N) is 3. The number of carbonyl (C=O) groups is 1. The molecule has 0 radical (unpaired) electrons. The summed E-state index contributed by atoms with van der Waals surface area (Å²) in [5.74, 6) is 0.841. The van der Waals surface area contributed by atoms with Gasteiger partial charge in [-0.1, -0.05) is 12.1 Å². The number of hydrogen-bond donors (Lipinski definition) is 0. The monoisotopic (exact) mass is 281 g/mol. The molecule has 2 aromatic rings. The molecule has 0 N–H and O–H groups in total. The Morgan fingerprint density at radius 2 is 1.57 bits per heavy atom. The Labute approximate surface area is 124 Å². The van der Waals surface area contributed by atoms with Crippen LogP contribution in [0.25, 0.3) is 11.4 Å². The van der Waals surface area contributed by atoms with Crippen LogP contribution in [-0.4, -0.2) is 33.9 Å². The molecule has 0 unspecified atom stereocenters. The highest BCUT2D eigenvalue weighted by molar-refractivity contribution is 5.94. The Kier molecular flexibility index (Phi) is 3.69. The van der Waals surface area contributed by atoms with Gasteiger partial charge in [-0.25, -0.2) is 9.97 Å². The third-order valence-corrected chi connectivity index (χ3v) is 3.77. The highest BCUT2D eigenvalue weighted by atomic mass is 16.2. The number of aryl methyl sites for hydroxylation is 2. The van der Waals surface area contributed by atoms with Crippen LogP contribution in [0.3, 0.4) is 0 Å². The van der Waals surface area contributed by atoms with Gasteiger partial charge in [0.05, 0.1) is 0 Å². The molecule has 0 atom stereocenters. The number of likely N-dealkylation sites (tertiary alicyclic amines) is 1. The zero-order chi connectivity index (χ0) is 14.8. The Hall–Kier alpha value is -2.23. The fraction of sp³-hybridized carbons (Fsp3) is 0.353. The summed E-state index contributed by atoms with van der Waals surface area (Å²) in [6.07, 6.45) is 2.22. The molecule has 0 aliphatic carbocycles. The van der Waals surface area contributed by atoms with E-state index < -0.39 is 0 Å². The van der Waals surface area contributed by atoms with Crippen molar-refractivity contribution in [3.05, 3.63) is 47.3 Å². The molecule has 0 bridgehead atoms. The second-order valence-electron chi connectivity index (χ2n) is 5.55. The van der Waals surface area contributed by atoms with E-state index in [0.29, 0.717) is 5.82 Å². The number of carbonyl (C=O) groups excluding carboxylic acids is 1. The van der Waals surface area contributed by atoms with Crippen molar-refractivity contribution in [1.82, 2.24) is 14.9 Å². The number of aromatic nitrogens is 2. The Morgan fingerprint density at radius 1 is 1.00 bits per heavy atom. The largest absolute Gasteiger partial charge is 0.339 e. The molecule has 2 heterocycles. The van der Waals surface area contributed by atoms with Gasteiger partial charge in [-0.2, -0.15) is 0 Å². The minimum Gasteiger partial charge on any atom is -0.339 e. The first-order chi connectivity index (χ1) is 10.1. The van der Waals surface area contributed by atoms with Gasteiger partial charge in [0, 0.05) is 35.6 Å². The third-order valence-electron chi connectivity index (χ3n) is 3.77. The quantitative estimate of drug-likeness (QED) is 0.850. The zero-order valence-corrected chi connectivity index (χ0v) is 12.5. The lowest BCUT2D eigenvalue weighted by Gasteiger charge is -2.15. The third kappa shape index (κ3) is 2.94. The lowest BCUT2D eigenvalue weighted by molar-refractivity contribution is 0.0793. The van der Waals surface area contributed by atoms with Crippen molar-refractivity contribution in [3.63, 3.8) is 0 Å². The standard InChI is InChI=1S/C17H19N3O/c1-12-11-13(2)19-16(18-12)14-5-7-15(8-6-14)17(21)20-9-3-4-10-20/h5-8,11H,3-4,9-10H2,1-2H3. The maximum absolute atomic E-state index is 12.3. The molecule has 0 saturated carbocycles. The Morgan fingerprint density at radius 3 is 2.14 bits per heavy atom. The Balaban J connectivity index is 1.84. The first-order valence-corrected chi connectivity index (χ1v) is 7.35. The van der Waals surface area contributed by atoms with Crippen LogP contribution in [0.15, 0.2) is 30.3 Å². The van der Waals surface area contributed by atoms with Crippen molar-refractivity contribution >= 4 is 5.91 Å². The summed E-state index contributed by atoms with van der Waals surface area (Å²) in [7, 11) is 0. The zero-order valence-electron chi connectivity index (χ0n) is 12.5. The van der Waals surface area contributed by atoms with Crippen molar-refractivity contribution in [2.24, 2.45) is 0 Å². The van der Waals surface area contributed by atoms with Gasteiger partial charge in [0.15, 0.2) is 5.82 Å². The average Bonchev–Trinajstić information content (AvgIpc) is 3.00. The van der Waals surface area contributed by atoms with Gasteiger partial charge < -0.3 is 4.90 Å². The van der Waals surface area contributed by atoms with E-state index in [0.717, 1.165) is 48.4 Å². The van der Waals surface area contributed by atoms with Gasteiger partial charge in [-0.05, 0) is 44.9 Å². The van der Waals surface area contributed by atoms with Crippen LogP contribution >= 0.6 is 0 Å². The van der Waals surface area contributed by atoms with Crippen LogP contribution in [0.5, 0.6) is 0 Å². The molecular weight excluding hydrogens is 262 g/mol. The summed E-state index contributed by atoms with van der Waals surface area (Å²) in [6.45, 7) is 5.68. The lowest BCUT2D eigenvalue weighted by atomic mass is 10.1. The minimum absolute atomic E-state index is 0.125. The highest BCUT2D eigenvalue weighted by Crippen LogP contribution is 2.19. The summed E-state index contributed by atoms with van der Waals surface area (Å²) < 4.78 is 0. The van der Waals surface area contributed by atoms with E-state index >= 15 is 0 Å². The van der Waals surface area contributed by atoms with Gasteiger partial charge in [0.1, 0.15) is 0 Å². The molecule has 3 rings (SSSR count). The number of hydrogen-bond acceptors (Lipinski definition) is 3. The number of amides is 1. The predicted octanol–water partition coefficient (Wildman–Crippen LogP) is 3.00. The summed E-state index contributed by atoms with van der Waals surface area (Å²) >= 11 is 0. The van der Waals surface area contributed by atoms with E-state index in [1.54, 1.807) is 0 Å². The maximum Gasteiger partial charge on any atom is 0.253 e. The molecule has 1 aromatic carbocycles. The molecule has 1 aromatic heterocycles. The molecule has 1 saturated heterocycles. The van der Waals surface area contributed by atoms with E-state index in [1.165, 1.54) is 0 Å². The molecule has 1 amide bonds. The van der Waals surface area contributed by atoms with Gasteiger partial charge in [-0.15, -0.1) is 0 Å². The van der Waals surface area contributed by atoms with Crippen LogP contribution in [0.2, 0.25) is 0 Å². The molecule has 0 spiro atoms. The molecule has 1 aliphatic rings. The molecule has 1 fully saturated rings. The highest BCUT2D eigenvalue weighted by Gasteiger charge is 2.19. The Bertz CT molecular complexity index is 638.